The van der Waals surface area contributed by atoms with E-state index < -0.39 is 10.7 Å². The number of aromatic nitrogens is 1. The maximum atomic E-state index is 11.5. The Labute approximate surface area is 109 Å². The standard InChI is InChI=1S/C10H11Cl2N3O2/c11-8(12)10(17)15-5-4-14-9(16)7-2-1-3-13-6-7/h1-3,6,8H,4-5H2,(H,14,16)(H,15,17). The van der Waals surface area contributed by atoms with E-state index in [1.165, 1.54) is 6.20 Å². The van der Waals surface area contributed by atoms with Crippen molar-refractivity contribution in [1.82, 2.24) is 15.6 Å². The molecule has 2 amide bonds. The monoisotopic (exact) mass is 275 g/mol. The van der Waals surface area contributed by atoms with Crippen LogP contribution in [0.3, 0.4) is 0 Å². The van der Waals surface area contributed by atoms with E-state index in [-0.39, 0.29) is 12.5 Å². The maximum Gasteiger partial charge on any atom is 0.253 e. The molecule has 0 saturated carbocycles. The van der Waals surface area contributed by atoms with Gasteiger partial charge in [0.05, 0.1) is 5.56 Å². The number of carbonyl (C=O) groups excluding carboxylic acids is 2. The lowest BCUT2D eigenvalue weighted by Crippen LogP contribution is -2.36. The Kier molecular flexibility index (Phi) is 5.72. The highest BCUT2D eigenvalue weighted by atomic mass is 35.5. The van der Waals surface area contributed by atoms with Crippen molar-refractivity contribution in [2.45, 2.75) is 4.84 Å². The molecule has 2 N–H and O–H groups in total. The molecule has 0 fully saturated rings. The van der Waals surface area contributed by atoms with Crippen LogP contribution in [0.2, 0.25) is 0 Å². The van der Waals surface area contributed by atoms with Gasteiger partial charge in [-0.05, 0) is 12.1 Å². The summed E-state index contributed by atoms with van der Waals surface area (Å²) in [6.07, 6.45) is 3.04. The third-order valence-electron chi connectivity index (χ3n) is 1.83. The zero-order chi connectivity index (χ0) is 12.7. The summed E-state index contributed by atoms with van der Waals surface area (Å²) in [5.74, 6) is -0.732. The van der Waals surface area contributed by atoms with Crippen LogP contribution in [0.5, 0.6) is 0 Å². The lowest BCUT2D eigenvalue weighted by atomic mass is 10.3. The molecule has 0 aliphatic rings. The highest BCUT2D eigenvalue weighted by Gasteiger charge is 2.10. The van der Waals surface area contributed by atoms with Gasteiger partial charge in [-0.25, -0.2) is 0 Å². The SMILES string of the molecule is O=C(NCCNC(=O)C(Cl)Cl)c1cccnc1. The summed E-state index contributed by atoms with van der Waals surface area (Å²) in [6, 6.07) is 3.32. The number of rotatable bonds is 5. The number of halogens is 2. The molecular formula is C10H11Cl2N3O2. The molecule has 0 aliphatic heterocycles. The van der Waals surface area contributed by atoms with Gasteiger partial charge in [-0.15, -0.1) is 0 Å². The number of hydrogen-bond acceptors (Lipinski definition) is 3. The molecule has 1 aromatic rings. The second kappa shape index (κ2) is 7.09. The van der Waals surface area contributed by atoms with Crippen LogP contribution in [0, 0.1) is 0 Å². The Bertz CT molecular complexity index is 384. The molecular weight excluding hydrogens is 265 g/mol. The first-order valence-corrected chi connectivity index (χ1v) is 5.72. The van der Waals surface area contributed by atoms with E-state index >= 15 is 0 Å². The Morgan fingerprint density at radius 1 is 1.29 bits per heavy atom. The van der Waals surface area contributed by atoms with Crippen LogP contribution in [-0.2, 0) is 4.79 Å². The first kappa shape index (κ1) is 13.7. The first-order valence-electron chi connectivity index (χ1n) is 4.85. The number of nitrogens with one attached hydrogen (secondary N) is 2. The van der Waals surface area contributed by atoms with Gasteiger partial charge >= 0.3 is 0 Å². The summed E-state index contributed by atoms with van der Waals surface area (Å²) in [5.41, 5.74) is 0.464. The van der Waals surface area contributed by atoms with Crippen LogP contribution in [0.4, 0.5) is 0 Å². The number of carbonyl (C=O) groups is 2. The molecule has 0 saturated heterocycles. The van der Waals surface area contributed by atoms with E-state index in [1.54, 1.807) is 18.3 Å². The minimum Gasteiger partial charge on any atom is -0.352 e. The van der Waals surface area contributed by atoms with E-state index in [0.717, 1.165) is 0 Å². The smallest absolute Gasteiger partial charge is 0.253 e. The predicted molar refractivity (Wildman–Crippen MR) is 65.1 cm³/mol. The highest BCUT2D eigenvalue weighted by molar-refractivity contribution is 6.53. The van der Waals surface area contributed by atoms with Gasteiger partial charge in [0.1, 0.15) is 0 Å². The second-order valence-corrected chi connectivity index (χ2v) is 4.19. The lowest BCUT2D eigenvalue weighted by molar-refractivity contribution is -0.119. The van der Waals surface area contributed by atoms with Crippen molar-refractivity contribution in [3.63, 3.8) is 0 Å². The number of pyridine rings is 1. The number of amides is 2. The van der Waals surface area contributed by atoms with Crippen LogP contribution in [0.15, 0.2) is 24.5 Å². The fourth-order valence-corrected chi connectivity index (χ4v) is 1.19. The third-order valence-corrected chi connectivity index (χ3v) is 2.23. The Hall–Kier alpha value is -1.33. The lowest BCUT2D eigenvalue weighted by Gasteiger charge is -2.07. The molecule has 0 aliphatic carbocycles. The Balaban J connectivity index is 2.24. The molecule has 0 bridgehead atoms. The van der Waals surface area contributed by atoms with Crippen molar-refractivity contribution < 1.29 is 9.59 Å². The summed E-state index contributed by atoms with van der Waals surface area (Å²) in [5, 5.41) is 5.07. The zero-order valence-electron chi connectivity index (χ0n) is 8.82. The summed E-state index contributed by atoms with van der Waals surface area (Å²) < 4.78 is 0. The summed E-state index contributed by atoms with van der Waals surface area (Å²) in [7, 11) is 0. The molecule has 1 heterocycles. The predicted octanol–water partition coefficient (Wildman–Crippen LogP) is 0.731. The molecule has 5 nitrogen and oxygen atoms in total. The summed E-state index contributed by atoms with van der Waals surface area (Å²) in [6.45, 7) is 0.556. The van der Waals surface area contributed by atoms with Gasteiger partial charge in [0, 0.05) is 25.5 Å². The fourth-order valence-electron chi connectivity index (χ4n) is 1.04. The van der Waals surface area contributed by atoms with Crippen LogP contribution in [0.25, 0.3) is 0 Å². The van der Waals surface area contributed by atoms with Crippen molar-refractivity contribution in [3.05, 3.63) is 30.1 Å². The van der Waals surface area contributed by atoms with Crippen molar-refractivity contribution >= 4 is 35.0 Å². The normalized spacial score (nSPS) is 10.1. The van der Waals surface area contributed by atoms with Gasteiger partial charge < -0.3 is 10.6 Å². The minimum absolute atomic E-state index is 0.249. The van der Waals surface area contributed by atoms with E-state index in [1.807, 2.05) is 0 Å². The first-order chi connectivity index (χ1) is 8.11. The second-order valence-electron chi connectivity index (χ2n) is 3.09. The molecule has 0 radical (unpaired) electrons. The molecule has 0 unspecified atom stereocenters. The number of hydrogen-bond donors (Lipinski definition) is 2. The van der Waals surface area contributed by atoms with E-state index in [4.69, 9.17) is 23.2 Å². The molecule has 0 aromatic carbocycles. The van der Waals surface area contributed by atoms with Crippen molar-refractivity contribution in [2.75, 3.05) is 13.1 Å². The number of nitrogens with zero attached hydrogens (tertiary/aromatic N) is 1. The van der Waals surface area contributed by atoms with Crippen molar-refractivity contribution in [1.29, 1.82) is 0 Å². The van der Waals surface area contributed by atoms with Crippen LogP contribution in [-0.4, -0.2) is 34.7 Å². The quantitative estimate of drug-likeness (QED) is 0.615. The van der Waals surface area contributed by atoms with E-state index in [0.29, 0.717) is 12.1 Å². The van der Waals surface area contributed by atoms with Gasteiger partial charge in [0.15, 0.2) is 4.84 Å². The van der Waals surface area contributed by atoms with Gasteiger partial charge in [-0.2, -0.15) is 0 Å². The molecule has 1 aromatic heterocycles. The van der Waals surface area contributed by atoms with Crippen LogP contribution < -0.4 is 10.6 Å². The minimum atomic E-state index is -1.09. The highest BCUT2D eigenvalue weighted by Crippen LogP contribution is 1.99. The molecule has 1 rings (SSSR count). The van der Waals surface area contributed by atoms with Gasteiger partial charge in [-0.3, -0.25) is 14.6 Å². The van der Waals surface area contributed by atoms with Gasteiger partial charge in [0.25, 0.3) is 11.8 Å². The average molecular weight is 276 g/mol. The maximum absolute atomic E-state index is 11.5. The molecule has 92 valence electrons. The topological polar surface area (TPSA) is 71.1 Å². The molecule has 7 heteroatoms. The summed E-state index contributed by atoms with van der Waals surface area (Å²) >= 11 is 10.6. The third kappa shape index (κ3) is 5.01. The van der Waals surface area contributed by atoms with Gasteiger partial charge in [0.2, 0.25) is 0 Å². The summed E-state index contributed by atoms with van der Waals surface area (Å²) in [4.78, 5) is 25.2. The Morgan fingerprint density at radius 3 is 2.59 bits per heavy atom. The van der Waals surface area contributed by atoms with Crippen LogP contribution in [0.1, 0.15) is 10.4 Å². The van der Waals surface area contributed by atoms with E-state index in [2.05, 4.69) is 15.6 Å². The van der Waals surface area contributed by atoms with Gasteiger partial charge in [-0.1, -0.05) is 23.2 Å². The average Bonchev–Trinajstić information content (AvgIpc) is 2.35. The Morgan fingerprint density at radius 2 is 2.00 bits per heavy atom. The molecule has 0 atom stereocenters. The number of alkyl halides is 2. The molecule has 17 heavy (non-hydrogen) atoms. The van der Waals surface area contributed by atoms with Crippen molar-refractivity contribution in [2.24, 2.45) is 0 Å². The van der Waals surface area contributed by atoms with Crippen molar-refractivity contribution in [3.8, 4) is 0 Å². The molecule has 0 spiro atoms. The fraction of sp³-hybridized carbons (Fsp3) is 0.300. The van der Waals surface area contributed by atoms with E-state index in [9.17, 15) is 9.59 Å². The zero-order valence-corrected chi connectivity index (χ0v) is 10.3. The van der Waals surface area contributed by atoms with Crippen LogP contribution >= 0.6 is 23.2 Å². The largest absolute Gasteiger partial charge is 0.352 e.